The minimum atomic E-state index is -0.347. The van der Waals surface area contributed by atoms with Gasteiger partial charge >= 0.3 is 0 Å². The summed E-state index contributed by atoms with van der Waals surface area (Å²) in [5.74, 6) is 0.780. The van der Waals surface area contributed by atoms with E-state index in [9.17, 15) is 4.79 Å². The van der Waals surface area contributed by atoms with Crippen LogP contribution in [-0.4, -0.2) is 21.8 Å². The maximum absolute atomic E-state index is 12.5. The van der Waals surface area contributed by atoms with Crippen LogP contribution in [0, 0.1) is 6.92 Å². The van der Waals surface area contributed by atoms with Gasteiger partial charge < -0.3 is 11.1 Å². The van der Waals surface area contributed by atoms with Crippen molar-refractivity contribution in [1.82, 2.24) is 4.98 Å². The van der Waals surface area contributed by atoms with Gasteiger partial charge in [-0.05, 0) is 50.1 Å². The van der Waals surface area contributed by atoms with Gasteiger partial charge in [-0.15, -0.1) is 0 Å². The molecule has 124 valence electrons. The molecule has 1 aromatic carbocycles. The number of aliphatic imine (C=N–C) groups is 1. The lowest BCUT2D eigenvalue weighted by atomic mass is 9.89. The molecule has 3 rings (SSSR count). The molecule has 0 radical (unpaired) electrons. The molecule has 0 bridgehead atoms. The van der Waals surface area contributed by atoms with Crippen LogP contribution in [0.1, 0.15) is 35.0 Å². The number of aromatic nitrogens is 1. The molecule has 0 aliphatic carbocycles. The van der Waals surface area contributed by atoms with Crippen molar-refractivity contribution in [1.29, 1.82) is 0 Å². The molecule has 2 heterocycles. The van der Waals surface area contributed by atoms with Crippen LogP contribution in [-0.2, 0) is 5.54 Å². The Morgan fingerprint density at radius 1 is 1.33 bits per heavy atom. The summed E-state index contributed by atoms with van der Waals surface area (Å²) in [4.78, 5) is 21.2. The van der Waals surface area contributed by atoms with Crippen molar-refractivity contribution in [2.75, 3.05) is 11.1 Å². The van der Waals surface area contributed by atoms with Crippen LogP contribution in [0.4, 0.5) is 5.69 Å². The number of benzene rings is 1. The van der Waals surface area contributed by atoms with Crippen molar-refractivity contribution in [3.8, 4) is 0 Å². The second-order valence-electron chi connectivity index (χ2n) is 5.99. The SMILES string of the molecule is Cc1ncccc1C(=O)Nc1cccc(C2(C)CCSC(N)=N2)c1. The Balaban J connectivity index is 1.85. The highest BCUT2D eigenvalue weighted by atomic mass is 32.2. The van der Waals surface area contributed by atoms with Gasteiger partial charge in [0, 0.05) is 23.3 Å². The van der Waals surface area contributed by atoms with E-state index in [2.05, 4.69) is 22.2 Å². The molecule has 2 aromatic rings. The number of hydrogen-bond donors (Lipinski definition) is 2. The summed E-state index contributed by atoms with van der Waals surface area (Å²) >= 11 is 1.58. The first kappa shape index (κ1) is 16.5. The van der Waals surface area contributed by atoms with Gasteiger partial charge in [0.1, 0.15) is 0 Å². The molecular weight excluding hydrogens is 320 g/mol. The predicted octanol–water partition coefficient (Wildman–Crippen LogP) is 3.31. The number of rotatable bonds is 3. The Morgan fingerprint density at radius 3 is 2.92 bits per heavy atom. The van der Waals surface area contributed by atoms with Crippen LogP contribution in [0.5, 0.6) is 0 Å². The van der Waals surface area contributed by atoms with Gasteiger partial charge in [-0.3, -0.25) is 14.8 Å². The molecule has 0 spiro atoms. The Kier molecular flexibility index (Phi) is 4.57. The van der Waals surface area contributed by atoms with Gasteiger partial charge in [-0.2, -0.15) is 0 Å². The molecule has 1 atom stereocenters. The monoisotopic (exact) mass is 340 g/mol. The Hall–Kier alpha value is -2.34. The summed E-state index contributed by atoms with van der Waals surface area (Å²) in [5, 5.41) is 3.56. The lowest BCUT2D eigenvalue weighted by Gasteiger charge is -2.30. The van der Waals surface area contributed by atoms with E-state index in [0.29, 0.717) is 16.4 Å². The first-order chi connectivity index (χ1) is 11.5. The number of pyridine rings is 1. The number of anilines is 1. The summed E-state index contributed by atoms with van der Waals surface area (Å²) in [6.07, 6.45) is 2.59. The van der Waals surface area contributed by atoms with Gasteiger partial charge in [-0.1, -0.05) is 23.9 Å². The molecular formula is C18H20N4OS. The van der Waals surface area contributed by atoms with E-state index in [0.717, 1.165) is 23.4 Å². The smallest absolute Gasteiger partial charge is 0.257 e. The Morgan fingerprint density at radius 2 is 2.17 bits per heavy atom. The van der Waals surface area contributed by atoms with Crippen molar-refractivity contribution >= 4 is 28.5 Å². The predicted molar refractivity (Wildman–Crippen MR) is 99.4 cm³/mol. The normalized spacial score (nSPS) is 20.3. The van der Waals surface area contributed by atoms with Crippen LogP contribution >= 0.6 is 11.8 Å². The molecule has 1 aliphatic heterocycles. The molecule has 5 nitrogen and oxygen atoms in total. The zero-order valence-electron chi connectivity index (χ0n) is 13.7. The molecule has 6 heteroatoms. The molecule has 0 fully saturated rings. The van der Waals surface area contributed by atoms with Crippen molar-refractivity contribution in [2.45, 2.75) is 25.8 Å². The van der Waals surface area contributed by atoms with Crippen molar-refractivity contribution in [3.05, 3.63) is 59.4 Å². The molecule has 1 aromatic heterocycles. The Labute approximate surface area is 145 Å². The quantitative estimate of drug-likeness (QED) is 0.898. The number of amides is 1. The van der Waals surface area contributed by atoms with Gasteiger partial charge in [0.25, 0.3) is 5.91 Å². The standard InChI is InChI=1S/C18H20N4OS/c1-12-15(7-4-9-20-12)16(23)21-14-6-3-5-13(11-14)18(2)8-10-24-17(19)22-18/h3-7,9,11H,8,10H2,1-2H3,(H2,19,22)(H,21,23). The van der Waals surface area contributed by atoms with Crippen LogP contribution in [0.3, 0.4) is 0 Å². The second-order valence-corrected chi connectivity index (χ2v) is 7.11. The highest BCUT2D eigenvalue weighted by Gasteiger charge is 2.29. The van der Waals surface area contributed by atoms with Crippen molar-refractivity contribution in [2.24, 2.45) is 10.7 Å². The van der Waals surface area contributed by atoms with E-state index < -0.39 is 0 Å². The number of thioether (sulfide) groups is 1. The summed E-state index contributed by atoms with van der Waals surface area (Å²) in [5.41, 5.74) is 8.62. The molecule has 0 saturated carbocycles. The number of nitrogens with zero attached hydrogens (tertiary/aromatic N) is 2. The summed E-state index contributed by atoms with van der Waals surface area (Å²) in [6, 6.07) is 11.3. The molecule has 24 heavy (non-hydrogen) atoms. The van der Waals surface area contributed by atoms with Gasteiger partial charge in [-0.25, -0.2) is 0 Å². The van der Waals surface area contributed by atoms with E-state index in [4.69, 9.17) is 5.73 Å². The topological polar surface area (TPSA) is 80.4 Å². The highest BCUT2D eigenvalue weighted by molar-refractivity contribution is 8.13. The van der Waals surface area contributed by atoms with Crippen LogP contribution in [0.2, 0.25) is 0 Å². The van der Waals surface area contributed by atoms with Crippen molar-refractivity contribution in [3.63, 3.8) is 0 Å². The molecule has 1 aliphatic rings. The van der Waals surface area contributed by atoms with Crippen molar-refractivity contribution < 1.29 is 4.79 Å². The maximum atomic E-state index is 12.5. The second kappa shape index (κ2) is 6.65. The third-order valence-corrected chi connectivity index (χ3v) is 4.98. The third-order valence-electron chi connectivity index (χ3n) is 4.19. The zero-order valence-corrected chi connectivity index (χ0v) is 14.6. The van der Waals surface area contributed by atoms with Gasteiger partial charge in [0.2, 0.25) is 0 Å². The number of carbonyl (C=O) groups excluding carboxylic acids is 1. The minimum absolute atomic E-state index is 0.162. The fraction of sp³-hybridized carbons (Fsp3) is 0.278. The summed E-state index contributed by atoms with van der Waals surface area (Å²) in [7, 11) is 0. The largest absolute Gasteiger partial charge is 0.379 e. The summed E-state index contributed by atoms with van der Waals surface area (Å²) < 4.78 is 0. The number of hydrogen-bond acceptors (Lipinski definition) is 5. The molecule has 1 amide bonds. The molecule has 0 saturated heterocycles. The van der Waals surface area contributed by atoms with Crippen LogP contribution in [0.25, 0.3) is 0 Å². The van der Waals surface area contributed by atoms with Gasteiger partial charge in [0.05, 0.1) is 11.1 Å². The summed E-state index contributed by atoms with van der Waals surface area (Å²) in [6.45, 7) is 3.90. The average molecular weight is 340 g/mol. The molecule has 1 unspecified atom stereocenters. The average Bonchev–Trinajstić information content (AvgIpc) is 2.55. The van der Waals surface area contributed by atoms with E-state index in [1.165, 1.54) is 0 Å². The number of amidine groups is 1. The fourth-order valence-electron chi connectivity index (χ4n) is 2.75. The molecule has 3 N–H and O–H groups in total. The van der Waals surface area contributed by atoms with Crippen LogP contribution in [0.15, 0.2) is 47.6 Å². The van der Waals surface area contributed by atoms with E-state index >= 15 is 0 Å². The first-order valence-corrected chi connectivity index (χ1v) is 8.78. The van der Waals surface area contributed by atoms with Crippen LogP contribution < -0.4 is 11.1 Å². The lowest BCUT2D eigenvalue weighted by molar-refractivity contribution is 0.102. The van der Waals surface area contributed by atoms with E-state index in [1.54, 1.807) is 30.1 Å². The highest BCUT2D eigenvalue weighted by Crippen LogP contribution is 2.35. The minimum Gasteiger partial charge on any atom is -0.379 e. The van der Waals surface area contributed by atoms with E-state index in [1.807, 2.05) is 31.2 Å². The van der Waals surface area contributed by atoms with E-state index in [-0.39, 0.29) is 11.4 Å². The number of carbonyl (C=O) groups is 1. The lowest BCUT2D eigenvalue weighted by Crippen LogP contribution is -2.28. The number of nitrogens with one attached hydrogen (secondary N) is 1. The number of nitrogens with two attached hydrogens (primary N) is 1. The fourth-order valence-corrected chi connectivity index (χ4v) is 3.72. The number of aryl methyl sites for hydroxylation is 1. The zero-order chi connectivity index (χ0) is 17.2. The third kappa shape index (κ3) is 3.43. The maximum Gasteiger partial charge on any atom is 0.257 e. The van der Waals surface area contributed by atoms with Gasteiger partial charge in [0.15, 0.2) is 5.17 Å². The Bertz CT molecular complexity index is 805. The first-order valence-electron chi connectivity index (χ1n) is 7.79.